The van der Waals surface area contributed by atoms with Gasteiger partial charge in [-0.1, -0.05) is 0 Å². The summed E-state index contributed by atoms with van der Waals surface area (Å²) in [6.45, 7) is 0. The molecule has 0 radical (unpaired) electrons. The topological polar surface area (TPSA) is 37.4 Å². The number of anilines is 3. The average Bonchev–Trinajstić information content (AvgIpc) is 3.48. The van der Waals surface area contributed by atoms with Crippen LogP contribution in [-0.2, 0) is 16.0 Å². The third-order valence-corrected chi connectivity index (χ3v) is 9.91. The number of Topliss-reactive ketones (excluding diaryl/α,β-unsaturated/α-hetero) is 2. The van der Waals surface area contributed by atoms with Crippen molar-refractivity contribution in [1.29, 1.82) is 0 Å². The molecule has 3 heterocycles. The molecule has 5 heteroatoms. The van der Waals surface area contributed by atoms with E-state index in [2.05, 4.69) is 65.6 Å². The third kappa shape index (κ3) is 2.80. The Morgan fingerprint density at radius 2 is 1.60 bits per heavy atom. The van der Waals surface area contributed by atoms with Crippen LogP contribution in [0.25, 0.3) is 6.08 Å². The van der Waals surface area contributed by atoms with E-state index in [-0.39, 0.29) is 22.7 Å². The van der Waals surface area contributed by atoms with E-state index in [0.29, 0.717) is 5.57 Å². The second-order valence-electron chi connectivity index (χ2n) is 7.64. The van der Waals surface area contributed by atoms with Gasteiger partial charge in [-0.3, -0.25) is 0 Å². The van der Waals surface area contributed by atoms with Gasteiger partial charge < -0.3 is 0 Å². The summed E-state index contributed by atoms with van der Waals surface area (Å²) in [6.07, 6.45) is 4.70. The molecule has 6 rings (SSSR count). The summed E-state index contributed by atoms with van der Waals surface area (Å²) < 4.78 is 2.43. The van der Waals surface area contributed by atoms with Crippen molar-refractivity contribution in [3.8, 4) is 0 Å². The minimum atomic E-state index is -0.715. The van der Waals surface area contributed by atoms with E-state index in [1.54, 1.807) is 0 Å². The second kappa shape index (κ2) is 7.13. The van der Waals surface area contributed by atoms with Crippen LogP contribution in [-0.4, -0.2) is 37.2 Å². The van der Waals surface area contributed by atoms with Gasteiger partial charge in [0, 0.05) is 0 Å². The zero-order chi connectivity index (χ0) is 20.2. The molecule has 2 atom stereocenters. The van der Waals surface area contributed by atoms with Crippen LogP contribution in [0.2, 0.25) is 0 Å². The number of nitrogens with zero attached hydrogens (tertiary/aromatic N) is 1. The Bertz CT molecular complexity index is 1230. The standard InChI is InChI=1S/C25H17NO2STe/c27-23-18-11-12-29-25(18)24(28)19(23)14-17-9-10-22(30-17)26-20-7-3-1-5-15(20)13-16-6-2-4-8-21(16)26/h1-12,14,18,25H,13H2/b19-14+. The van der Waals surface area contributed by atoms with Gasteiger partial charge in [0.2, 0.25) is 0 Å². The first-order valence-corrected chi connectivity index (χ1v) is 13.2. The van der Waals surface area contributed by atoms with E-state index in [4.69, 9.17) is 0 Å². The number of ketones is 2. The molecule has 2 aromatic carbocycles. The summed E-state index contributed by atoms with van der Waals surface area (Å²) in [7, 11) is 0. The van der Waals surface area contributed by atoms with Gasteiger partial charge in [0.15, 0.2) is 0 Å². The summed E-state index contributed by atoms with van der Waals surface area (Å²) >= 11 is 0.758. The first kappa shape index (κ1) is 18.4. The van der Waals surface area contributed by atoms with Crippen molar-refractivity contribution in [2.24, 2.45) is 5.92 Å². The van der Waals surface area contributed by atoms with Crippen molar-refractivity contribution in [3.05, 3.63) is 92.4 Å². The Balaban J connectivity index is 1.41. The van der Waals surface area contributed by atoms with Crippen LogP contribution in [0.3, 0.4) is 0 Å². The summed E-state index contributed by atoms with van der Waals surface area (Å²) in [4.78, 5) is 27.8. The van der Waals surface area contributed by atoms with E-state index < -0.39 is 20.4 Å². The van der Waals surface area contributed by atoms with E-state index in [1.165, 1.54) is 38.0 Å². The molecule has 2 unspecified atom stereocenters. The van der Waals surface area contributed by atoms with Crippen LogP contribution < -0.4 is 4.90 Å². The van der Waals surface area contributed by atoms with Gasteiger partial charge in [0.25, 0.3) is 0 Å². The van der Waals surface area contributed by atoms with Gasteiger partial charge in [0.1, 0.15) is 0 Å². The van der Waals surface area contributed by atoms with Gasteiger partial charge in [-0.05, 0) is 0 Å². The summed E-state index contributed by atoms with van der Waals surface area (Å²) in [5.41, 5.74) is 5.52. The number of allylic oxidation sites excluding steroid dienone is 2. The molecule has 0 spiro atoms. The van der Waals surface area contributed by atoms with Crippen molar-refractivity contribution in [2.75, 3.05) is 4.90 Å². The van der Waals surface area contributed by atoms with E-state index >= 15 is 0 Å². The quantitative estimate of drug-likeness (QED) is 0.213. The maximum absolute atomic E-state index is 12.7. The third-order valence-electron chi connectivity index (χ3n) is 5.89. The molecule has 3 aromatic rings. The zero-order valence-corrected chi connectivity index (χ0v) is 19.1. The fourth-order valence-corrected chi connectivity index (χ4v) is 8.31. The molecular formula is C25H17NO2STe. The number of hydrogen-bond donors (Lipinski definition) is 0. The Hall–Kier alpha value is -2.32. The van der Waals surface area contributed by atoms with Gasteiger partial charge >= 0.3 is 189 Å². The molecule has 1 fully saturated rings. The Labute approximate surface area is 188 Å². The van der Waals surface area contributed by atoms with Gasteiger partial charge in [-0.15, -0.1) is 0 Å². The minimum absolute atomic E-state index is 0.00419. The van der Waals surface area contributed by atoms with Crippen LogP contribution >= 0.6 is 11.8 Å². The molecule has 0 amide bonds. The Morgan fingerprint density at radius 1 is 0.900 bits per heavy atom. The van der Waals surface area contributed by atoms with Gasteiger partial charge in [-0.2, -0.15) is 0 Å². The molecule has 2 aliphatic heterocycles. The van der Waals surface area contributed by atoms with Gasteiger partial charge in [0.05, 0.1) is 0 Å². The molecular weight excluding hydrogens is 506 g/mol. The number of para-hydroxylation sites is 2. The van der Waals surface area contributed by atoms with Crippen molar-refractivity contribution in [2.45, 2.75) is 11.7 Å². The van der Waals surface area contributed by atoms with E-state index in [1.807, 2.05) is 17.6 Å². The van der Waals surface area contributed by atoms with Crippen molar-refractivity contribution in [1.82, 2.24) is 0 Å². The van der Waals surface area contributed by atoms with Crippen LogP contribution in [0.4, 0.5) is 15.1 Å². The van der Waals surface area contributed by atoms with Crippen molar-refractivity contribution in [3.63, 3.8) is 0 Å². The Kier molecular flexibility index (Phi) is 4.38. The molecule has 0 saturated heterocycles. The van der Waals surface area contributed by atoms with E-state index in [9.17, 15) is 9.59 Å². The molecule has 3 nitrogen and oxygen atoms in total. The number of hydrogen-bond acceptors (Lipinski definition) is 4. The SMILES string of the molecule is O=C1/C(=C\c2ccc(N3c4ccccc4Cc4ccccc43)[te]2)C(=O)C2SC=CC12. The monoisotopic (exact) mass is 525 g/mol. The fourth-order valence-electron chi connectivity index (χ4n) is 4.46. The van der Waals surface area contributed by atoms with Crippen LogP contribution in [0.5, 0.6) is 0 Å². The van der Waals surface area contributed by atoms with Crippen LogP contribution in [0.15, 0.2) is 77.7 Å². The molecule has 1 aromatic heterocycles. The molecule has 1 saturated carbocycles. The zero-order valence-electron chi connectivity index (χ0n) is 15.9. The first-order valence-electron chi connectivity index (χ1n) is 9.89. The molecule has 0 N–H and O–H groups in total. The van der Waals surface area contributed by atoms with Crippen molar-refractivity contribution >= 4 is 64.9 Å². The maximum atomic E-state index is 12.7. The van der Waals surface area contributed by atoms with Crippen molar-refractivity contribution < 1.29 is 9.59 Å². The second-order valence-corrected chi connectivity index (χ2v) is 11.8. The summed E-state index contributed by atoms with van der Waals surface area (Å²) in [5, 5.41) is 1.65. The summed E-state index contributed by atoms with van der Waals surface area (Å²) in [6, 6.07) is 21.4. The predicted molar refractivity (Wildman–Crippen MR) is 123 cm³/mol. The molecule has 0 bridgehead atoms. The summed E-state index contributed by atoms with van der Waals surface area (Å²) in [5.74, 6) is -0.276. The molecule has 3 aliphatic rings. The number of benzene rings is 2. The Morgan fingerprint density at radius 3 is 2.30 bits per heavy atom. The number of rotatable bonds is 2. The van der Waals surface area contributed by atoms with E-state index in [0.717, 1.165) is 10.0 Å². The predicted octanol–water partition coefficient (Wildman–Crippen LogP) is 4.90. The molecule has 146 valence electrons. The number of carbonyl (C=O) groups excluding carboxylic acids is 2. The first-order chi connectivity index (χ1) is 14.7. The van der Waals surface area contributed by atoms with Crippen LogP contribution in [0.1, 0.15) is 14.7 Å². The molecule has 30 heavy (non-hydrogen) atoms. The fraction of sp³-hybridized carbons (Fsp3) is 0.120. The molecule has 1 aliphatic carbocycles. The number of fused-ring (bicyclic) bond motifs is 3. The number of carbonyl (C=O) groups is 2. The normalized spacial score (nSPS) is 23.1. The number of thioether (sulfide) groups is 1. The van der Waals surface area contributed by atoms with Crippen LogP contribution in [0, 0.1) is 5.92 Å². The van der Waals surface area contributed by atoms with Gasteiger partial charge in [-0.25, -0.2) is 0 Å². The average molecular weight is 523 g/mol.